The second-order valence-corrected chi connectivity index (χ2v) is 5.06. The normalized spacial score (nSPS) is 28.3. The summed E-state index contributed by atoms with van der Waals surface area (Å²) in [4.78, 5) is 9.16. The van der Waals surface area contributed by atoms with E-state index in [0.717, 1.165) is 0 Å². The predicted octanol–water partition coefficient (Wildman–Crippen LogP) is 1.31. The Morgan fingerprint density at radius 3 is 1.86 bits per heavy atom. The molecule has 0 saturated carbocycles. The summed E-state index contributed by atoms with van der Waals surface area (Å²) < 4.78 is 0. The average molecular weight is 116 g/mol. The van der Waals surface area contributed by atoms with Crippen molar-refractivity contribution in [3.05, 3.63) is 23.8 Å². The fraction of sp³-hybridized carbons (Fsp3) is 0.200. The zero-order chi connectivity index (χ0) is 5.33. The van der Waals surface area contributed by atoms with E-state index in [-0.39, 0.29) is 0 Å². The third-order valence-corrected chi connectivity index (χ3v) is 2.71. The number of hydrogen-bond donors (Lipinski definition) is 1. The van der Waals surface area contributed by atoms with Crippen LogP contribution < -0.4 is 0 Å². The molecule has 7 heavy (non-hydrogen) atoms. The van der Waals surface area contributed by atoms with Crippen molar-refractivity contribution in [3.8, 4) is 0 Å². The molecule has 0 spiro atoms. The van der Waals surface area contributed by atoms with E-state index < -0.39 is 7.49 Å². The van der Waals surface area contributed by atoms with Gasteiger partial charge in [-0.05, 0) is 0 Å². The molecule has 40 valence electrons. The molecule has 1 nitrogen and oxygen atoms in total. The summed E-state index contributed by atoms with van der Waals surface area (Å²) in [5.74, 6) is 3.76. The molecule has 0 fully saturated rings. The summed E-state index contributed by atoms with van der Waals surface area (Å²) in [5.41, 5.74) is 0. The van der Waals surface area contributed by atoms with Crippen molar-refractivity contribution in [2.75, 3.05) is 6.66 Å². The van der Waals surface area contributed by atoms with E-state index in [4.69, 9.17) is 4.89 Å². The SMILES string of the molecule is C[PH]1(O)C=CC=C1. The van der Waals surface area contributed by atoms with Crippen LogP contribution in [0.15, 0.2) is 23.8 Å². The first kappa shape index (κ1) is 5.02. The van der Waals surface area contributed by atoms with E-state index >= 15 is 0 Å². The van der Waals surface area contributed by atoms with Crippen LogP contribution in [0, 0.1) is 0 Å². The fourth-order valence-corrected chi connectivity index (χ4v) is 1.67. The van der Waals surface area contributed by atoms with Gasteiger partial charge in [0.1, 0.15) is 0 Å². The summed E-state index contributed by atoms with van der Waals surface area (Å²) in [7, 11) is -1.90. The van der Waals surface area contributed by atoms with Crippen molar-refractivity contribution in [2.45, 2.75) is 0 Å². The molecule has 1 rings (SSSR count). The average Bonchev–Trinajstić information content (AvgIpc) is 1.84. The minimum absolute atomic E-state index is 1.88. The van der Waals surface area contributed by atoms with Crippen LogP contribution in [0.4, 0.5) is 0 Å². The Labute approximate surface area is 43.8 Å². The summed E-state index contributed by atoms with van der Waals surface area (Å²) >= 11 is 0. The Bertz CT molecular complexity index is 110. The Kier molecular flexibility index (Phi) is 1.02. The van der Waals surface area contributed by atoms with Crippen LogP contribution in [0.25, 0.3) is 0 Å². The van der Waals surface area contributed by atoms with Crippen molar-refractivity contribution in [3.63, 3.8) is 0 Å². The van der Waals surface area contributed by atoms with E-state index in [9.17, 15) is 0 Å². The molecule has 1 aliphatic heterocycles. The Hall–Kier alpha value is -0.130. The molecule has 1 aliphatic rings. The molecule has 0 bridgehead atoms. The number of hydrogen-bond acceptors (Lipinski definition) is 1. The summed E-state index contributed by atoms with van der Waals surface area (Å²) in [6.07, 6.45) is 3.79. The molecule has 1 N–H and O–H groups in total. The van der Waals surface area contributed by atoms with Crippen LogP contribution in [-0.4, -0.2) is 11.6 Å². The van der Waals surface area contributed by atoms with Gasteiger partial charge in [-0.3, -0.25) is 0 Å². The molecule has 0 aliphatic carbocycles. The molecule has 0 aromatic rings. The Morgan fingerprint density at radius 1 is 1.29 bits per heavy atom. The third kappa shape index (κ3) is 1.12. The van der Waals surface area contributed by atoms with Crippen molar-refractivity contribution in [1.29, 1.82) is 0 Å². The van der Waals surface area contributed by atoms with Gasteiger partial charge in [0.25, 0.3) is 0 Å². The van der Waals surface area contributed by atoms with E-state index in [1.54, 1.807) is 0 Å². The molecule has 0 aromatic carbocycles. The van der Waals surface area contributed by atoms with Gasteiger partial charge in [-0.1, -0.05) is 0 Å². The van der Waals surface area contributed by atoms with Crippen LogP contribution in [0.1, 0.15) is 0 Å². The van der Waals surface area contributed by atoms with Crippen LogP contribution in [0.2, 0.25) is 0 Å². The maximum absolute atomic E-state index is 9.16. The fourth-order valence-electron chi connectivity index (χ4n) is 0.556. The Balaban J connectivity index is 2.77. The minimum atomic E-state index is -1.90. The molecule has 0 saturated heterocycles. The van der Waals surface area contributed by atoms with Crippen molar-refractivity contribution in [1.82, 2.24) is 0 Å². The summed E-state index contributed by atoms with van der Waals surface area (Å²) in [6, 6.07) is 0. The van der Waals surface area contributed by atoms with E-state index in [0.29, 0.717) is 0 Å². The predicted molar refractivity (Wildman–Crippen MR) is 34.7 cm³/mol. The zero-order valence-electron chi connectivity index (χ0n) is 4.26. The molecular weight excluding hydrogens is 107 g/mol. The van der Waals surface area contributed by atoms with E-state index in [1.165, 1.54) is 0 Å². The van der Waals surface area contributed by atoms with Gasteiger partial charge in [0.05, 0.1) is 0 Å². The maximum atomic E-state index is 9.16. The second kappa shape index (κ2) is 1.43. The van der Waals surface area contributed by atoms with Gasteiger partial charge < -0.3 is 0 Å². The quantitative estimate of drug-likeness (QED) is 0.473. The molecule has 1 heterocycles. The first-order valence-electron chi connectivity index (χ1n) is 2.30. The van der Waals surface area contributed by atoms with Gasteiger partial charge in [-0.25, -0.2) is 0 Å². The van der Waals surface area contributed by atoms with Crippen LogP contribution in [0.3, 0.4) is 0 Å². The summed E-state index contributed by atoms with van der Waals surface area (Å²) in [5, 5.41) is 0. The molecule has 0 amide bonds. The molecule has 0 aromatic heterocycles. The Morgan fingerprint density at radius 2 is 1.71 bits per heavy atom. The molecule has 0 radical (unpaired) electrons. The van der Waals surface area contributed by atoms with Gasteiger partial charge in [0.2, 0.25) is 0 Å². The standard InChI is InChI=1S/C5H9OP/c1-7(6)4-2-3-5-7/h2-7H,1H3. The van der Waals surface area contributed by atoms with Crippen LogP contribution >= 0.6 is 7.49 Å². The van der Waals surface area contributed by atoms with E-state index in [2.05, 4.69) is 0 Å². The molecule has 2 heteroatoms. The van der Waals surface area contributed by atoms with Gasteiger partial charge in [-0.2, -0.15) is 0 Å². The first-order valence-corrected chi connectivity index (χ1v) is 4.90. The van der Waals surface area contributed by atoms with Gasteiger partial charge in [0, 0.05) is 0 Å². The van der Waals surface area contributed by atoms with Crippen molar-refractivity contribution < 1.29 is 4.89 Å². The number of rotatable bonds is 0. The van der Waals surface area contributed by atoms with E-state index in [1.807, 2.05) is 30.5 Å². The summed E-state index contributed by atoms with van der Waals surface area (Å²) in [6.45, 7) is 1.88. The zero-order valence-corrected chi connectivity index (χ0v) is 5.26. The van der Waals surface area contributed by atoms with Gasteiger partial charge in [0.15, 0.2) is 0 Å². The first-order chi connectivity index (χ1) is 3.21. The topological polar surface area (TPSA) is 20.2 Å². The third-order valence-electron chi connectivity index (χ3n) is 0.978. The van der Waals surface area contributed by atoms with Gasteiger partial charge in [-0.15, -0.1) is 0 Å². The van der Waals surface area contributed by atoms with Crippen molar-refractivity contribution in [2.24, 2.45) is 0 Å². The number of allylic oxidation sites excluding steroid dienone is 2. The van der Waals surface area contributed by atoms with Gasteiger partial charge >= 0.3 is 42.8 Å². The molecule has 0 unspecified atom stereocenters. The second-order valence-electron chi connectivity index (χ2n) is 1.94. The molecule has 0 atom stereocenters. The van der Waals surface area contributed by atoms with Crippen LogP contribution in [-0.2, 0) is 0 Å². The monoisotopic (exact) mass is 116 g/mol. The molecular formula is C5H9OP. The van der Waals surface area contributed by atoms with Crippen molar-refractivity contribution >= 4 is 7.49 Å². The van der Waals surface area contributed by atoms with Crippen LogP contribution in [0.5, 0.6) is 0 Å².